The maximum absolute atomic E-state index is 13.5. The van der Waals surface area contributed by atoms with E-state index in [9.17, 15) is 43.5 Å². The lowest BCUT2D eigenvalue weighted by Gasteiger charge is -2.18. The monoisotopic (exact) mass is 488 g/mol. The van der Waals surface area contributed by atoms with Crippen LogP contribution < -0.4 is 5.32 Å². The van der Waals surface area contributed by atoms with Crippen LogP contribution in [0.4, 0.5) is 41.6 Å². The van der Waals surface area contributed by atoms with E-state index in [1.54, 1.807) is 0 Å². The lowest BCUT2D eigenvalue weighted by atomic mass is 10.1. The normalized spacial score (nSPS) is 11.3. The average Bonchev–Trinajstić information content (AvgIpc) is 2.61. The molecule has 0 saturated heterocycles. The van der Waals surface area contributed by atoms with E-state index in [2.05, 4.69) is 0 Å². The van der Waals surface area contributed by atoms with Crippen molar-refractivity contribution in [3.63, 3.8) is 0 Å². The smallest absolute Gasteiger partial charge is 0.347 e. The summed E-state index contributed by atoms with van der Waals surface area (Å²) in [4.78, 5) is 29.9. The van der Waals surface area contributed by atoms with Crippen LogP contribution in [0.5, 0.6) is 0 Å². The molecule has 0 spiro atoms. The molecule has 0 aromatic heterocycles. The van der Waals surface area contributed by atoms with Gasteiger partial charge in [-0.25, -0.2) is 0 Å². The lowest BCUT2D eigenvalue weighted by Crippen LogP contribution is -2.12. The number of rotatable bonds is 5. The average molecular weight is 490 g/mol. The maximum Gasteiger partial charge on any atom is 0.418 e. The zero-order valence-electron chi connectivity index (χ0n) is 14.2. The summed E-state index contributed by atoms with van der Waals surface area (Å²) < 4.78 is 40.5. The van der Waals surface area contributed by atoms with Crippen LogP contribution in [-0.2, 0) is 6.18 Å². The minimum atomic E-state index is -5.27. The van der Waals surface area contributed by atoms with Gasteiger partial charge in [-0.1, -0.05) is 34.8 Å². The Bertz CT molecular complexity index is 1080. The van der Waals surface area contributed by atoms with Crippen molar-refractivity contribution in [2.45, 2.75) is 13.1 Å². The fraction of sp³-hybridized carbons (Fsp3) is 0.143. The molecule has 0 unspecified atom stereocenters. The molecule has 0 radical (unpaired) electrons. The molecule has 0 saturated carbocycles. The minimum Gasteiger partial charge on any atom is -0.347 e. The van der Waals surface area contributed by atoms with E-state index in [1.807, 2.05) is 5.32 Å². The van der Waals surface area contributed by atoms with E-state index in [-0.39, 0.29) is 11.6 Å². The predicted octanol–water partition coefficient (Wildman–Crippen LogP) is 6.44. The van der Waals surface area contributed by atoms with Crippen LogP contribution in [-0.4, -0.2) is 14.8 Å². The number of hydrogen-bond acceptors (Lipinski definition) is 7. The largest absolute Gasteiger partial charge is 0.418 e. The Morgan fingerprint density at radius 3 is 1.87 bits per heavy atom. The maximum atomic E-state index is 13.5. The van der Waals surface area contributed by atoms with Crippen LogP contribution in [0, 0.1) is 37.3 Å². The fourth-order valence-electron chi connectivity index (χ4n) is 2.43. The van der Waals surface area contributed by atoms with Crippen molar-refractivity contribution in [3.05, 3.63) is 68.7 Å². The Morgan fingerprint density at radius 2 is 1.43 bits per heavy atom. The van der Waals surface area contributed by atoms with Gasteiger partial charge in [0.2, 0.25) is 0 Å². The van der Waals surface area contributed by atoms with Gasteiger partial charge >= 0.3 is 6.18 Å². The van der Waals surface area contributed by atoms with Crippen LogP contribution >= 0.6 is 34.8 Å². The van der Waals surface area contributed by atoms with Gasteiger partial charge in [-0.15, -0.1) is 0 Å². The Kier molecular flexibility index (Phi) is 6.30. The first-order valence-electron chi connectivity index (χ1n) is 7.30. The highest BCUT2D eigenvalue weighted by Crippen LogP contribution is 2.49. The van der Waals surface area contributed by atoms with E-state index in [1.165, 1.54) is 0 Å². The zero-order chi connectivity index (χ0) is 23.1. The molecule has 160 valence electrons. The molecule has 0 amide bonds. The molecule has 0 aliphatic carbocycles. The second-order valence-electron chi connectivity index (χ2n) is 5.57. The first-order chi connectivity index (χ1) is 13.7. The molecule has 2 rings (SSSR count). The summed E-state index contributed by atoms with van der Waals surface area (Å²) in [6.07, 6.45) is -5.27. The van der Waals surface area contributed by atoms with Crippen molar-refractivity contribution in [3.8, 4) is 0 Å². The third-order valence-corrected chi connectivity index (χ3v) is 5.09. The van der Waals surface area contributed by atoms with E-state index in [0.717, 1.165) is 6.92 Å². The number of nitrogens with one attached hydrogen (secondary N) is 1. The van der Waals surface area contributed by atoms with Gasteiger partial charge < -0.3 is 5.32 Å². The molecule has 2 aromatic rings. The Labute approximate surface area is 178 Å². The number of benzene rings is 2. The molecule has 30 heavy (non-hydrogen) atoms. The SMILES string of the molecule is Cc1c(Cl)c(Nc2c([N+](=O)[O-])cc([N+](=O)[O-])cc2C(F)(F)F)c(Cl)c(Cl)c1[N+](=O)[O-]. The molecule has 10 nitrogen and oxygen atoms in total. The lowest BCUT2D eigenvalue weighted by molar-refractivity contribution is -0.394. The summed E-state index contributed by atoms with van der Waals surface area (Å²) in [5, 5.41) is 33.5. The van der Waals surface area contributed by atoms with Crippen LogP contribution in [0.1, 0.15) is 11.1 Å². The first-order valence-corrected chi connectivity index (χ1v) is 8.44. The van der Waals surface area contributed by atoms with Gasteiger partial charge in [0.25, 0.3) is 17.1 Å². The molecule has 1 N–H and O–H groups in total. The van der Waals surface area contributed by atoms with Gasteiger partial charge in [0.05, 0.1) is 42.1 Å². The van der Waals surface area contributed by atoms with E-state index < -0.39 is 70.0 Å². The van der Waals surface area contributed by atoms with Gasteiger partial charge in [-0.2, -0.15) is 13.2 Å². The second kappa shape index (κ2) is 8.08. The molecular formula is C14H6Cl3F3N4O6. The number of hydrogen-bond donors (Lipinski definition) is 1. The topological polar surface area (TPSA) is 141 Å². The Morgan fingerprint density at radius 1 is 0.867 bits per heavy atom. The number of non-ortho nitro benzene ring substituents is 1. The summed E-state index contributed by atoms with van der Waals surface area (Å²) in [5.74, 6) is 0. The first kappa shape index (κ1) is 23.4. The van der Waals surface area contributed by atoms with Crippen molar-refractivity contribution in [1.82, 2.24) is 0 Å². The third kappa shape index (κ3) is 4.17. The number of nitrogens with zero attached hydrogens (tertiary/aromatic N) is 3. The van der Waals surface area contributed by atoms with Crippen LogP contribution in [0.15, 0.2) is 12.1 Å². The fourth-order valence-corrected chi connectivity index (χ4v) is 3.25. The molecule has 0 heterocycles. The summed E-state index contributed by atoms with van der Waals surface area (Å²) in [7, 11) is 0. The molecular weight excluding hydrogens is 484 g/mol. The third-order valence-electron chi connectivity index (χ3n) is 3.77. The summed E-state index contributed by atoms with van der Waals surface area (Å²) in [6, 6.07) is 0.385. The molecule has 0 aliphatic rings. The van der Waals surface area contributed by atoms with Crippen molar-refractivity contribution in [1.29, 1.82) is 0 Å². The minimum absolute atomic E-state index is 0.0804. The molecule has 2 aromatic carbocycles. The van der Waals surface area contributed by atoms with Crippen LogP contribution in [0.3, 0.4) is 0 Å². The van der Waals surface area contributed by atoms with Crippen LogP contribution in [0.25, 0.3) is 0 Å². The summed E-state index contributed by atoms with van der Waals surface area (Å²) in [5.41, 5.74) is -7.06. The molecule has 0 bridgehead atoms. The van der Waals surface area contributed by atoms with Crippen molar-refractivity contribution < 1.29 is 27.9 Å². The van der Waals surface area contributed by atoms with Gasteiger partial charge in [0, 0.05) is 11.6 Å². The number of halogens is 6. The van der Waals surface area contributed by atoms with Crippen molar-refractivity contribution in [2.24, 2.45) is 0 Å². The molecule has 0 atom stereocenters. The summed E-state index contributed by atoms with van der Waals surface area (Å²) >= 11 is 17.7. The number of nitro benzene ring substituents is 3. The van der Waals surface area contributed by atoms with Crippen molar-refractivity contribution >= 4 is 63.2 Å². The second-order valence-corrected chi connectivity index (χ2v) is 6.71. The highest BCUT2D eigenvalue weighted by atomic mass is 35.5. The predicted molar refractivity (Wildman–Crippen MR) is 101 cm³/mol. The summed E-state index contributed by atoms with van der Waals surface area (Å²) in [6.45, 7) is 1.13. The Hall–Kier alpha value is -2.90. The number of nitro groups is 3. The molecule has 0 fully saturated rings. The van der Waals surface area contributed by atoms with E-state index >= 15 is 0 Å². The number of anilines is 2. The van der Waals surface area contributed by atoms with Crippen LogP contribution in [0.2, 0.25) is 15.1 Å². The Balaban J connectivity index is 2.89. The van der Waals surface area contributed by atoms with Gasteiger partial charge in [-0.05, 0) is 6.92 Å². The highest BCUT2D eigenvalue weighted by molar-refractivity contribution is 6.48. The quantitative estimate of drug-likeness (QED) is 0.289. The van der Waals surface area contributed by atoms with Gasteiger partial charge in [0.15, 0.2) is 0 Å². The van der Waals surface area contributed by atoms with E-state index in [0.29, 0.717) is 6.07 Å². The zero-order valence-corrected chi connectivity index (χ0v) is 16.5. The van der Waals surface area contributed by atoms with Crippen molar-refractivity contribution in [2.75, 3.05) is 5.32 Å². The molecule has 0 aliphatic heterocycles. The van der Waals surface area contributed by atoms with Gasteiger partial charge in [0.1, 0.15) is 10.7 Å². The van der Waals surface area contributed by atoms with Gasteiger partial charge in [-0.3, -0.25) is 30.3 Å². The standard InChI is InChI=1S/C14H6Cl3F3N4O6/c1-4-8(15)12(9(16)10(17)13(4)24(29)30)21-11-6(14(18,19)20)2-5(22(25)26)3-7(11)23(27)28/h2-3,21H,1H3. The number of alkyl halides is 3. The highest BCUT2D eigenvalue weighted by Gasteiger charge is 2.40. The molecule has 16 heteroatoms. The van der Waals surface area contributed by atoms with E-state index in [4.69, 9.17) is 34.8 Å².